The summed E-state index contributed by atoms with van der Waals surface area (Å²) in [6.07, 6.45) is 2.19. The first kappa shape index (κ1) is 14.1. The summed E-state index contributed by atoms with van der Waals surface area (Å²) in [4.78, 5) is 10.8. The van der Waals surface area contributed by atoms with Crippen molar-refractivity contribution in [3.63, 3.8) is 0 Å². The molecule has 3 heteroatoms. The molecule has 0 N–H and O–H groups in total. The van der Waals surface area contributed by atoms with E-state index in [0.29, 0.717) is 6.42 Å². The van der Waals surface area contributed by atoms with E-state index in [2.05, 4.69) is 0 Å². The van der Waals surface area contributed by atoms with Gasteiger partial charge in [0, 0.05) is 32.7 Å². The van der Waals surface area contributed by atoms with Gasteiger partial charge in [-0.2, -0.15) is 6.92 Å². The van der Waals surface area contributed by atoms with Crippen LogP contribution < -0.4 is 0 Å². The smallest absolute Gasteiger partial charge is 0.276 e. The number of carbonyl (C=O) groups excluding carboxylic acids is 1. The SMILES string of the molecule is C[CH-]CC(=O)OC(C)(C)C.[Y]. The molecule has 0 fully saturated rings. The van der Waals surface area contributed by atoms with Gasteiger partial charge in [-0.05, 0) is 20.8 Å². The molecule has 0 aromatic rings. The molecule has 11 heavy (non-hydrogen) atoms. The van der Waals surface area contributed by atoms with E-state index in [1.165, 1.54) is 0 Å². The Bertz CT molecular complexity index is 116. The average Bonchev–Trinajstić information content (AvgIpc) is 1.59. The zero-order chi connectivity index (χ0) is 8.20. The van der Waals surface area contributed by atoms with Crippen molar-refractivity contribution in [3.05, 3.63) is 6.42 Å². The maximum atomic E-state index is 10.8. The maximum absolute atomic E-state index is 10.8. The van der Waals surface area contributed by atoms with E-state index < -0.39 is 0 Å². The second kappa shape index (κ2) is 6.13. The fourth-order valence-corrected chi connectivity index (χ4v) is 0.550. The molecule has 63 valence electrons. The van der Waals surface area contributed by atoms with Gasteiger partial charge in [0.1, 0.15) is 5.60 Å². The van der Waals surface area contributed by atoms with Gasteiger partial charge in [0.2, 0.25) is 0 Å². The zero-order valence-corrected chi connectivity index (χ0v) is 10.5. The number of ether oxygens (including phenoxy) is 1. The van der Waals surface area contributed by atoms with Crippen LogP contribution in [0.4, 0.5) is 0 Å². The molecular formula is C8H15O2Y-. The van der Waals surface area contributed by atoms with E-state index >= 15 is 0 Å². The summed E-state index contributed by atoms with van der Waals surface area (Å²) in [5, 5.41) is 0. The van der Waals surface area contributed by atoms with Crippen molar-refractivity contribution in [2.24, 2.45) is 0 Å². The average molecular weight is 232 g/mol. The molecule has 0 aromatic heterocycles. The van der Waals surface area contributed by atoms with Gasteiger partial charge in [-0.25, -0.2) is 0 Å². The number of esters is 1. The van der Waals surface area contributed by atoms with Crippen LogP contribution in [-0.4, -0.2) is 11.6 Å². The second-order valence-corrected chi connectivity index (χ2v) is 3.20. The van der Waals surface area contributed by atoms with Gasteiger partial charge >= 0.3 is 0 Å². The van der Waals surface area contributed by atoms with Gasteiger partial charge in [-0.15, -0.1) is 0 Å². The molecule has 0 bridgehead atoms. The van der Waals surface area contributed by atoms with Gasteiger partial charge in [0.05, 0.1) is 0 Å². The van der Waals surface area contributed by atoms with Crippen molar-refractivity contribution in [2.45, 2.75) is 39.7 Å². The Morgan fingerprint density at radius 1 is 1.45 bits per heavy atom. The van der Waals surface area contributed by atoms with E-state index in [-0.39, 0.29) is 44.3 Å². The first-order valence-electron chi connectivity index (χ1n) is 3.45. The van der Waals surface area contributed by atoms with Crippen molar-refractivity contribution < 1.29 is 42.2 Å². The molecule has 0 rings (SSSR count). The minimum absolute atomic E-state index is 0. The molecule has 0 aliphatic carbocycles. The second-order valence-electron chi connectivity index (χ2n) is 3.20. The normalized spacial score (nSPS) is 10.2. The van der Waals surface area contributed by atoms with Crippen LogP contribution in [0.15, 0.2) is 0 Å². The summed E-state index contributed by atoms with van der Waals surface area (Å²) in [7, 11) is 0. The summed E-state index contributed by atoms with van der Waals surface area (Å²) in [6.45, 7) is 7.42. The van der Waals surface area contributed by atoms with Gasteiger partial charge < -0.3 is 11.2 Å². The van der Waals surface area contributed by atoms with Crippen LogP contribution in [0, 0.1) is 6.42 Å². The fourth-order valence-electron chi connectivity index (χ4n) is 0.550. The Hall–Kier alpha value is 0.574. The third kappa shape index (κ3) is 10.6. The van der Waals surface area contributed by atoms with Crippen molar-refractivity contribution >= 4 is 5.97 Å². The number of hydrogen-bond donors (Lipinski definition) is 0. The van der Waals surface area contributed by atoms with E-state index in [1.807, 2.05) is 27.7 Å². The van der Waals surface area contributed by atoms with E-state index in [0.717, 1.165) is 0 Å². The summed E-state index contributed by atoms with van der Waals surface area (Å²) in [5.41, 5.74) is -0.347. The van der Waals surface area contributed by atoms with Gasteiger partial charge in [0.25, 0.3) is 5.97 Å². The molecule has 0 heterocycles. The largest absolute Gasteiger partial charge is 0.462 e. The maximum Gasteiger partial charge on any atom is 0.276 e. The Morgan fingerprint density at radius 2 is 1.91 bits per heavy atom. The van der Waals surface area contributed by atoms with Gasteiger partial charge in [0.15, 0.2) is 0 Å². The summed E-state index contributed by atoms with van der Waals surface area (Å²) >= 11 is 0. The Balaban J connectivity index is 0. The summed E-state index contributed by atoms with van der Waals surface area (Å²) in [5.74, 6) is -0.157. The van der Waals surface area contributed by atoms with E-state index in [4.69, 9.17) is 4.74 Å². The van der Waals surface area contributed by atoms with Crippen LogP contribution in [0.25, 0.3) is 0 Å². The first-order valence-corrected chi connectivity index (χ1v) is 3.45. The van der Waals surface area contributed by atoms with Gasteiger partial charge in [-0.3, -0.25) is 4.79 Å². The molecule has 0 unspecified atom stereocenters. The Morgan fingerprint density at radius 3 is 2.18 bits per heavy atom. The molecular weight excluding hydrogens is 217 g/mol. The molecule has 0 saturated carbocycles. The van der Waals surface area contributed by atoms with E-state index in [1.54, 1.807) is 6.42 Å². The topological polar surface area (TPSA) is 26.3 Å². The van der Waals surface area contributed by atoms with Crippen LogP contribution in [0.1, 0.15) is 34.1 Å². The van der Waals surface area contributed by atoms with Crippen molar-refractivity contribution in [1.29, 1.82) is 0 Å². The Labute approximate surface area is 94.0 Å². The minimum Gasteiger partial charge on any atom is -0.462 e. The molecule has 0 aliphatic heterocycles. The van der Waals surface area contributed by atoms with Crippen LogP contribution in [0.5, 0.6) is 0 Å². The number of carbonyl (C=O) groups is 1. The van der Waals surface area contributed by atoms with Crippen LogP contribution in [0.2, 0.25) is 0 Å². The zero-order valence-electron chi connectivity index (χ0n) is 7.68. The molecule has 0 aromatic carbocycles. The third-order valence-corrected chi connectivity index (χ3v) is 0.791. The van der Waals surface area contributed by atoms with Crippen molar-refractivity contribution in [3.8, 4) is 0 Å². The van der Waals surface area contributed by atoms with Crippen molar-refractivity contribution in [1.82, 2.24) is 0 Å². The molecule has 0 atom stereocenters. The first-order chi connectivity index (χ1) is 4.45. The molecule has 0 spiro atoms. The predicted octanol–water partition coefficient (Wildman–Crippen LogP) is 1.94. The van der Waals surface area contributed by atoms with Crippen LogP contribution in [0.3, 0.4) is 0 Å². The standard InChI is InChI=1S/C8H15O2.Y/c1-5-6-7(9)10-8(2,3)4;/h5H,6H2,1-4H3;/q-1;. The number of rotatable bonds is 2. The molecule has 0 amide bonds. The molecule has 2 nitrogen and oxygen atoms in total. The predicted molar refractivity (Wildman–Crippen MR) is 40.4 cm³/mol. The Kier molecular flexibility index (Phi) is 7.87. The third-order valence-electron chi connectivity index (χ3n) is 0.791. The molecule has 1 radical (unpaired) electrons. The minimum atomic E-state index is -0.347. The summed E-state index contributed by atoms with van der Waals surface area (Å²) < 4.78 is 5.01. The van der Waals surface area contributed by atoms with Gasteiger partial charge in [-0.1, -0.05) is 6.42 Å². The molecule has 0 aliphatic rings. The van der Waals surface area contributed by atoms with Crippen LogP contribution in [-0.2, 0) is 42.2 Å². The fraction of sp³-hybridized carbons (Fsp3) is 0.750. The number of hydrogen-bond acceptors (Lipinski definition) is 2. The van der Waals surface area contributed by atoms with Crippen LogP contribution >= 0.6 is 0 Å². The summed E-state index contributed by atoms with van der Waals surface area (Å²) in [6, 6.07) is 0. The monoisotopic (exact) mass is 232 g/mol. The van der Waals surface area contributed by atoms with E-state index in [9.17, 15) is 4.79 Å². The van der Waals surface area contributed by atoms with Crippen molar-refractivity contribution in [2.75, 3.05) is 0 Å². The molecule has 0 saturated heterocycles. The quantitative estimate of drug-likeness (QED) is 0.537.